The smallest absolute Gasteiger partial charge is 0.0638 e. The Hall–Kier alpha value is -0.630. The average Bonchev–Trinajstić information content (AvgIpc) is 2.74. The number of fused-ring (bicyclic) bond motifs is 1. The van der Waals surface area contributed by atoms with Gasteiger partial charge in [0.05, 0.1) is 12.5 Å². The number of rotatable bonds is 4. The number of nitriles is 1. The van der Waals surface area contributed by atoms with Gasteiger partial charge in [-0.15, -0.1) is 0 Å². The SMILES string of the molecule is CNC1CC(C(C)C)C2C1CC2C1CN[C@@H](CC#N)CN1C. The molecule has 0 aromatic rings. The summed E-state index contributed by atoms with van der Waals surface area (Å²) in [7, 11) is 4.40. The molecule has 2 N–H and O–H groups in total. The summed E-state index contributed by atoms with van der Waals surface area (Å²) in [5, 5.41) is 16.1. The van der Waals surface area contributed by atoms with Crippen molar-refractivity contribution in [3.8, 4) is 6.07 Å². The second kappa shape index (κ2) is 6.47. The number of piperazine rings is 1. The monoisotopic (exact) mass is 304 g/mol. The molecule has 3 rings (SSSR count). The number of nitrogens with zero attached hydrogens (tertiary/aromatic N) is 2. The van der Waals surface area contributed by atoms with E-state index in [4.69, 9.17) is 5.26 Å². The van der Waals surface area contributed by atoms with Gasteiger partial charge in [-0.3, -0.25) is 0 Å². The van der Waals surface area contributed by atoms with Crippen molar-refractivity contribution in [1.29, 1.82) is 5.26 Å². The van der Waals surface area contributed by atoms with Crippen LogP contribution >= 0.6 is 0 Å². The van der Waals surface area contributed by atoms with E-state index in [0.29, 0.717) is 18.5 Å². The second-order valence-corrected chi connectivity index (χ2v) is 8.15. The third kappa shape index (κ3) is 2.68. The van der Waals surface area contributed by atoms with E-state index in [2.05, 4.69) is 49.5 Å². The van der Waals surface area contributed by atoms with Crippen LogP contribution in [0.3, 0.4) is 0 Å². The van der Waals surface area contributed by atoms with Gasteiger partial charge in [-0.1, -0.05) is 13.8 Å². The molecule has 124 valence electrons. The van der Waals surface area contributed by atoms with Gasteiger partial charge in [0.1, 0.15) is 0 Å². The Balaban J connectivity index is 1.66. The molecule has 0 aromatic carbocycles. The van der Waals surface area contributed by atoms with Crippen molar-refractivity contribution in [1.82, 2.24) is 15.5 Å². The molecule has 2 saturated carbocycles. The molecule has 3 fully saturated rings. The summed E-state index contributed by atoms with van der Waals surface area (Å²) in [4.78, 5) is 2.53. The molecule has 22 heavy (non-hydrogen) atoms. The maximum absolute atomic E-state index is 8.90. The lowest BCUT2D eigenvalue weighted by Crippen LogP contribution is -2.62. The van der Waals surface area contributed by atoms with Crippen molar-refractivity contribution in [3.63, 3.8) is 0 Å². The molecule has 1 saturated heterocycles. The molecule has 0 radical (unpaired) electrons. The largest absolute Gasteiger partial charge is 0.317 e. The van der Waals surface area contributed by atoms with Gasteiger partial charge in [0, 0.05) is 31.2 Å². The Kier molecular flexibility index (Phi) is 4.77. The van der Waals surface area contributed by atoms with E-state index >= 15 is 0 Å². The van der Waals surface area contributed by atoms with Crippen LogP contribution in [-0.4, -0.2) is 50.2 Å². The van der Waals surface area contributed by atoms with Gasteiger partial charge >= 0.3 is 0 Å². The predicted octanol–water partition coefficient (Wildman–Crippen LogP) is 1.69. The first kappa shape index (κ1) is 16.2. The molecule has 7 atom stereocenters. The summed E-state index contributed by atoms with van der Waals surface area (Å²) < 4.78 is 0. The van der Waals surface area contributed by atoms with Crippen LogP contribution in [0.4, 0.5) is 0 Å². The first-order chi connectivity index (χ1) is 10.6. The lowest BCUT2D eigenvalue weighted by atomic mass is 9.58. The third-order valence-electron chi connectivity index (χ3n) is 6.82. The summed E-state index contributed by atoms with van der Waals surface area (Å²) in [6, 6.07) is 4.06. The zero-order valence-corrected chi connectivity index (χ0v) is 14.5. The molecule has 0 bridgehead atoms. The van der Waals surface area contributed by atoms with E-state index in [-0.39, 0.29) is 0 Å². The quantitative estimate of drug-likeness (QED) is 0.830. The number of likely N-dealkylation sites (N-methyl/N-ethyl adjacent to an activating group) is 1. The van der Waals surface area contributed by atoms with Gasteiger partial charge in [0.25, 0.3) is 0 Å². The lowest BCUT2D eigenvalue weighted by molar-refractivity contribution is -0.0311. The summed E-state index contributed by atoms with van der Waals surface area (Å²) in [6.45, 7) is 6.89. The fourth-order valence-electron chi connectivity index (χ4n) is 5.62. The molecule has 4 heteroatoms. The minimum absolute atomic E-state index is 0.358. The molecule has 0 spiro atoms. The third-order valence-corrected chi connectivity index (χ3v) is 6.82. The van der Waals surface area contributed by atoms with Crippen LogP contribution in [0.25, 0.3) is 0 Å². The highest BCUT2D eigenvalue weighted by molar-refractivity contribution is 5.09. The van der Waals surface area contributed by atoms with Gasteiger partial charge in [0.2, 0.25) is 0 Å². The van der Waals surface area contributed by atoms with E-state index in [1.165, 1.54) is 12.8 Å². The Morgan fingerprint density at radius 1 is 1.32 bits per heavy atom. The fraction of sp³-hybridized carbons (Fsp3) is 0.944. The highest BCUT2D eigenvalue weighted by Gasteiger charge is 2.57. The van der Waals surface area contributed by atoms with E-state index < -0.39 is 0 Å². The highest BCUT2D eigenvalue weighted by Crippen LogP contribution is 2.57. The van der Waals surface area contributed by atoms with Gasteiger partial charge in [-0.25, -0.2) is 0 Å². The van der Waals surface area contributed by atoms with Crippen molar-refractivity contribution in [3.05, 3.63) is 0 Å². The van der Waals surface area contributed by atoms with Crippen LogP contribution in [0.5, 0.6) is 0 Å². The zero-order valence-electron chi connectivity index (χ0n) is 14.5. The Morgan fingerprint density at radius 2 is 2.09 bits per heavy atom. The Morgan fingerprint density at radius 3 is 2.68 bits per heavy atom. The molecule has 0 amide bonds. The standard InChI is InChI=1S/C18H32N4/c1-11(2)13-8-16(20-3)14-7-15(18(13)14)17-9-21-12(5-6-19)10-22(17)4/h11-18,20-21H,5,7-10H2,1-4H3/t12-,13?,14?,15?,16?,17?,18?/m0/s1. The predicted molar refractivity (Wildman–Crippen MR) is 89.3 cm³/mol. The minimum Gasteiger partial charge on any atom is -0.317 e. The van der Waals surface area contributed by atoms with E-state index in [0.717, 1.165) is 48.7 Å². The summed E-state index contributed by atoms with van der Waals surface area (Å²) in [6.07, 6.45) is 3.38. The van der Waals surface area contributed by atoms with Crippen molar-refractivity contribution in [2.24, 2.45) is 29.6 Å². The van der Waals surface area contributed by atoms with Crippen LogP contribution in [0.2, 0.25) is 0 Å². The molecule has 1 heterocycles. The van der Waals surface area contributed by atoms with Crippen LogP contribution < -0.4 is 10.6 Å². The van der Waals surface area contributed by atoms with Crippen molar-refractivity contribution in [2.45, 2.75) is 51.2 Å². The first-order valence-electron chi connectivity index (χ1n) is 9.04. The number of hydrogen-bond acceptors (Lipinski definition) is 4. The topological polar surface area (TPSA) is 51.1 Å². The molecular formula is C18H32N4. The normalized spacial score (nSPS) is 45.4. The van der Waals surface area contributed by atoms with Crippen molar-refractivity contribution in [2.75, 3.05) is 27.2 Å². The number of hydrogen-bond donors (Lipinski definition) is 2. The lowest BCUT2D eigenvalue weighted by Gasteiger charge is -2.53. The molecular weight excluding hydrogens is 272 g/mol. The molecule has 1 aliphatic heterocycles. The first-order valence-corrected chi connectivity index (χ1v) is 9.04. The fourth-order valence-corrected chi connectivity index (χ4v) is 5.62. The van der Waals surface area contributed by atoms with Gasteiger partial charge < -0.3 is 15.5 Å². The molecule has 6 unspecified atom stereocenters. The van der Waals surface area contributed by atoms with E-state index in [9.17, 15) is 0 Å². The summed E-state index contributed by atoms with van der Waals surface area (Å²) in [5.74, 6) is 4.32. The van der Waals surface area contributed by atoms with E-state index in [1.54, 1.807) is 0 Å². The average molecular weight is 304 g/mol. The number of nitrogens with one attached hydrogen (secondary N) is 2. The molecule has 2 aliphatic carbocycles. The van der Waals surface area contributed by atoms with Gasteiger partial charge in [-0.2, -0.15) is 5.26 Å². The summed E-state index contributed by atoms with van der Waals surface area (Å²) in [5.41, 5.74) is 0. The Labute approximate surface area is 135 Å². The maximum Gasteiger partial charge on any atom is 0.0638 e. The van der Waals surface area contributed by atoms with Gasteiger partial charge in [-0.05, 0) is 56.5 Å². The summed E-state index contributed by atoms with van der Waals surface area (Å²) >= 11 is 0. The molecule has 4 nitrogen and oxygen atoms in total. The van der Waals surface area contributed by atoms with Gasteiger partial charge in [0.15, 0.2) is 0 Å². The minimum atomic E-state index is 0.358. The molecule has 0 aromatic heterocycles. The van der Waals surface area contributed by atoms with E-state index in [1.807, 2.05) is 0 Å². The highest BCUT2D eigenvalue weighted by atomic mass is 15.2. The van der Waals surface area contributed by atoms with Crippen molar-refractivity contribution >= 4 is 0 Å². The Bertz CT molecular complexity index is 429. The van der Waals surface area contributed by atoms with Crippen LogP contribution in [-0.2, 0) is 0 Å². The maximum atomic E-state index is 8.90. The zero-order chi connectivity index (χ0) is 15.9. The molecule has 3 aliphatic rings. The van der Waals surface area contributed by atoms with Crippen LogP contribution in [0.1, 0.15) is 33.1 Å². The van der Waals surface area contributed by atoms with Crippen molar-refractivity contribution < 1.29 is 0 Å². The van der Waals surface area contributed by atoms with Crippen LogP contribution in [0, 0.1) is 40.9 Å². The van der Waals surface area contributed by atoms with Crippen LogP contribution in [0.15, 0.2) is 0 Å². The second-order valence-electron chi connectivity index (χ2n) is 8.15.